The summed E-state index contributed by atoms with van der Waals surface area (Å²) in [7, 11) is 0. The number of anilines is 1. The molecule has 0 amide bonds. The number of aromatic nitrogens is 2. The predicted octanol–water partition coefficient (Wildman–Crippen LogP) is 0.251. The molecule has 1 aromatic rings. The lowest BCUT2D eigenvalue weighted by Gasteiger charge is -1.92. The minimum Gasteiger partial charge on any atom is -0.381 e. The molecule has 1 aromatic heterocycles. The van der Waals surface area contributed by atoms with Crippen LogP contribution >= 0.6 is 0 Å². The molecule has 0 radical (unpaired) electrons. The van der Waals surface area contributed by atoms with E-state index in [9.17, 15) is 0 Å². The zero-order chi connectivity index (χ0) is 8.97. The van der Waals surface area contributed by atoms with E-state index < -0.39 is 0 Å². The van der Waals surface area contributed by atoms with Gasteiger partial charge in [0, 0.05) is 6.20 Å². The SMILES string of the molecule is N#CCCn1cc(C#N)c(N)n1. The molecule has 1 heterocycles. The van der Waals surface area contributed by atoms with Crippen LogP contribution in [0.5, 0.6) is 0 Å². The molecule has 0 saturated heterocycles. The highest BCUT2D eigenvalue weighted by molar-refractivity contribution is 5.46. The summed E-state index contributed by atoms with van der Waals surface area (Å²) in [5.74, 6) is 0.218. The fourth-order valence-electron chi connectivity index (χ4n) is 0.802. The maximum Gasteiger partial charge on any atom is 0.163 e. The van der Waals surface area contributed by atoms with Crippen molar-refractivity contribution in [2.45, 2.75) is 13.0 Å². The third-order valence-electron chi connectivity index (χ3n) is 1.36. The Hall–Kier alpha value is -2.01. The van der Waals surface area contributed by atoms with Crippen molar-refractivity contribution >= 4 is 5.82 Å². The fourth-order valence-corrected chi connectivity index (χ4v) is 0.802. The van der Waals surface area contributed by atoms with E-state index in [4.69, 9.17) is 16.3 Å². The lowest BCUT2D eigenvalue weighted by molar-refractivity contribution is 0.630. The Morgan fingerprint density at radius 2 is 2.33 bits per heavy atom. The standard InChI is InChI=1S/C7H7N5/c8-2-1-3-12-5-6(4-9)7(10)11-12/h5H,1,3H2,(H2,10,11). The molecule has 60 valence electrons. The minimum atomic E-state index is 0.218. The average molecular weight is 161 g/mol. The summed E-state index contributed by atoms with van der Waals surface area (Å²) < 4.78 is 1.50. The Morgan fingerprint density at radius 3 is 2.83 bits per heavy atom. The average Bonchev–Trinajstić information content (AvgIpc) is 2.43. The maximum atomic E-state index is 8.51. The van der Waals surface area contributed by atoms with Crippen LogP contribution in [0.2, 0.25) is 0 Å². The minimum absolute atomic E-state index is 0.218. The van der Waals surface area contributed by atoms with E-state index in [1.54, 1.807) is 0 Å². The number of nitriles is 2. The molecule has 0 aromatic carbocycles. The van der Waals surface area contributed by atoms with Gasteiger partial charge in [0.05, 0.1) is 19.0 Å². The number of nitrogens with zero attached hydrogens (tertiary/aromatic N) is 4. The van der Waals surface area contributed by atoms with E-state index >= 15 is 0 Å². The Labute approximate surface area is 69.6 Å². The molecule has 0 unspecified atom stereocenters. The number of hydrogen-bond donors (Lipinski definition) is 1. The van der Waals surface area contributed by atoms with Gasteiger partial charge >= 0.3 is 0 Å². The van der Waals surface area contributed by atoms with E-state index in [2.05, 4.69) is 5.10 Å². The van der Waals surface area contributed by atoms with Crippen molar-refractivity contribution in [2.24, 2.45) is 0 Å². The van der Waals surface area contributed by atoms with Gasteiger partial charge in [0.1, 0.15) is 11.6 Å². The smallest absolute Gasteiger partial charge is 0.163 e. The van der Waals surface area contributed by atoms with Crippen molar-refractivity contribution in [1.29, 1.82) is 10.5 Å². The molecule has 0 atom stereocenters. The Morgan fingerprint density at radius 1 is 1.58 bits per heavy atom. The summed E-state index contributed by atoms with van der Waals surface area (Å²) in [5, 5.41) is 20.6. The molecular weight excluding hydrogens is 154 g/mol. The second-order valence-corrected chi connectivity index (χ2v) is 2.21. The van der Waals surface area contributed by atoms with Crippen LogP contribution in [0, 0.1) is 22.7 Å². The molecular formula is C7H7N5. The molecule has 12 heavy (non-hydrogen) atoms. The number of aryl methyl sites for hydroxylation is 1. The molecule has 0 aliphatic heterocycles. The van der Waals surface area contributed by atoms with Crippen LogP contribution in [0.4, 0.5) is 5.82 Å². The van der Waals surface area contributed by atoms with Crippen molar-refractivity contribution in [3.8, 4) is 12.1 Å². The topological polar surface area (TPSA) is 91.4 Å². The number of rotatable bonds is 2. The van der Waals surface area contributed by atoms with Crippen molar-refractivity contribution in [3.63, 3.8) is 0 Å². The molecule has 0 aliphatic carbocycles. The predicted molar refractivity (Wildman–Crippen MR) is 41.6 cm³/mol. The second kappa shape index (κ2) is 3.40. The van der Waals surface area contributed by atoms with Crippen LogP contribution in [-0.4, -0.2) is 9.78 Å². The zero-order valence-corrected chi connectivity index (χ0v) is 6.36. The van der Waals surface area contributed by atoms with Gasteiger partial charge in [-0.1, -0.05) is 0 Å². The highest BCUT2D eigenvalue weighted by Crippen LogP contribution is 2.06. The fraction of sp³-hybridized carbons (Fsp3) is 0.286. The summed E-state index contributed by atoms with van der Waals surface area (Å²) in [6, 6.07) is 3.88. The van der Waals surface area contributed by atoms with Crippen molar-refractivity contribution in [3.05, 3.63) is 11.8 Å². The Kier molecular flexibility index (Phi) is 2.29. The van der Waals surface area contributed by atoms with E-state index in [0.717, 1.165) is 0 Å². The summed E-state index contributed by atoms with van der Waals surface area (Å²) in [4.78, 5) is 0. The Bertz CT molecular complexity index is 351. The molecule has 0 bridgehead atoms. The first-order valence-electron chi connectivity index (χ1n) is 3.38. The lowest BCUT2D eigenvalue weighted by Crippen LogP contribution is -1.98. The van der Waals surface area contributed by atoms with Gasteiger partial charge in [0.2, 0.25) is 0 Å². The van der Waals surface area contributed by atoms with Gasteiger partial charge in [-0.3, -0.25) is 4.68 Å². The molecule has 0 saturated carbocycles. The first kappa shape index (κ1) is 8.09. The molecule has 0 spiro atoms. The van der Waals surface area contributed by atoms with Gasteiger partial charge in [0.25, 0.3) is 0 Å². The van der Waals surface area contributed by atoms with Gasteiger partial charge < -0.3 is 5.73 Å². The van der Waals surface area contributed by atoms with E-state index in [-0.39, 0.29) is 5.82 Å². The van der Waals surface area contributed by atoms with Crippen molar-refractivity contribution < 1.29 is 0 Å². The Balaban J connectivity index is 2.78. The van der Waals surface area contributed by atoms with Crippen LogP contribution in [0.25, 0.3) is 0 Å². The van der Waals surface area contributed by atoms with Crippen LogP contribution < -0.4 is 5.73 Å². The highest BCUT2D eigenvalue weighted by atomic mass is 15.3. The molecule has 0 fully saturated rings. The first-order chi connectivity index (χ1) is 5.77. The van der Waals surface area contributed by atoms with Crippen molar-refractivity contribution in [1.82, 2.24) is 9.78 Å². The van der Waals surface area contributed by atoms with Crippen LogP contribution in [-0.2, 0) is 6.54 Å². The monoisotopic (exact) mass is 161 g/mol. The van der Waals surface area contributed by atoms with Gasteiger partial charge in [-0.15, -0.1) is 0 Å². The maximum absolute atomic E-state index is 8.51. The second-order valence-electron chi connectivity index (χ2n) is 2.21. The summed E-state index contributed by atoms with van der Waals surface area (Å²) >= 11 is 0. The van der Waals surface area contributed by atoms with Gasteiger partial charge in [0.15, 0.2) is 5.82 Å². The number of nitrogens with two attached hydrogens (primary N) is 1. The number of hydrogen-bond acceptors (Lipinski definition) is 4. The van der Waals surface area contributed by atoms with Crippen LogP contribution in [0.3, 0.4) is 0 Å². The van der Waals surface area contributed by atoms with Gasteiger partial charge in [-0.05, 0) is 0 Å². The molecule has 5 heteroatoms. The summed E-state index contributed by atoms with van der Waals surface area (Å²) in [5.41, 5.74) is 5.74. The molecule has 5 nitrogen and oxygen atoms in total. The quantitative estimate of drug-likeness (QED) is 0.672. The van der Waals surface area contributed by atoms with Crippen LogP contribution in [0.1, 0.15) is 12.0 Å². The van der Waals surface area contributed by atoms with Gasteiger partial charge in [-0.25, -0.2) is 0 Å². The van der Waals surface area contributed by atoms with E-state index in [1.807, 2.05) is 12.1 Å². The largest absolute Gasteiger partial charge is 0.381 e. The number of nitrogen functional groups attached to an aromatic ring is 1. The normalized spacial score (nSPS) is 8.83. The van der Waals surface area contributed by atoms with E-state index in [1.165, 1.54) is 10.9 Å². The molecule has 2 N–H and O–H groups in total. The summed E-state index contributed by atoms with van der Waals surface area (Å²) in [6.45, 7) is 0.475. The van der Waals surface area contributed by atoms with Gasteiger partial charge in [-0.2, -0.15) is 15.6 Å². The zero-order valence-electron chi connectivity index (χ0n) is 6.36. The lowest BCUT2D eigenvalue weighted by atomic mass is 10.4. The highest BCUT2D eigenvalue weighted by Gasteiger charge is 2.02. The third-order valence-corrected chi connectivity index (χ3v) is 1.36. The van der Waals surface area contributed by atoms with E-state index in [0.29, 0.717) is 18.5 Å². The first-order valence-corrected chi connectivity index (χ1v) is 3.38. The molecule has 0 aliphatic rings. The summed E-state index contributed by atoms with van der Waals surface area (Å²) in [6.07, 6.45) is 1.90. The third kappa shape index (κ3) is 1.53. The molecule has 1 rings (SSSR count). The van der Waals surface area contributed by atoms with Crippen LogP contribution in [0.15, 0.2) is 6.20 Å². The van der Waals surface area contributed by atoms with Crippen molar-refractivity contribution in [2.75, 3.05) is 5.73 Å².